The SMILES string of the molecule is C[C@@H](c1ccccc1)N1CC2CN([C@@H](C)c3ccccc3)CC(C1)C2=O. The van der Waals surface area contributed by atoms with Crippen LogP contribution in [0.25, 0.3) is 0 Å². The Kier molecular flexibility index (Phi) is 4.92. The van der Waals surface area contributed by atoms with Crippen molar-refractivity contribution in [1.82, 2.24) is 9.80 Å². The van der Waals surface area contributed by atoms with Gasteiger partial charge >= 0.3 is 0 Å². The molecule has 3 nitrogen and oxygen atoms in total. The summed E-state index contributed by atoms with van der Waals surface area (Å²) in [6.07, 6.45) is 0. The van der Waals surface area contributed by atoms with Gasteiger partial charge in [-0.05, 0) is 25.0 Å². The minimum atomic E-state index is 0.139. The van der Waals surface area contributed by atoms with Crippen LogP contribution in [0, 0.1) is 11.8 Å². The van der Waals surface area contributed by atoms with E-state index >= 15 is 0 Å². The molecule has 26 heavy (non-hydrogen) atoms. The Morgan fingerprint density at radius 2 is 1.04 bits per heavy atom. The van der Waals surface area contributed by atoms with Gasteiger partial charge in [0.25, 0.3) is 0 Å². The van der Waals surface area contributed by atoms with Crippen molar-refractivity contribution in [2.45, 2.75) is 25.9 Å². The van der Waals surface area contributed by atoms with E-state index in [1.165, 1.54) is 11.1 Å². The van der Waals surface area contributed by atoms with Crippen LogP contribution in [0.1, 0.15) is 37.1 Å². The molecule has 0 aliphatic carbocycles. The summed E-state index contributed by atoms with van der Waals surface area (Å²) in [4.78, 5) is 17.8. The fourth-order valence-electron chi connectivity index (χ4n) is 4.61. The van der Waals surface area contributed by atoms with Crippen LogP contribution in [-0.2, 0) is 4.79 Å². The zero-order valence-corrected chi connectivity index (χ0v) is 15.7. The highest BCUT2D eigenvalue weighted by atomic mass is 16.1. The van der Waals surface area contributed by atoms with Crippen LogP contribution in [0.4, 0.5) is 0 Å². The van der Waals surface area contributed by atoms with E-state index in [-0.39, 0.29) is 11.8 Å². The molecule has 136 valence electrons. The minimum absolute atomic E-state index is 0.139. The lowest BCUT2D eigenvalue weighted by molar-refractivity contribution is -0.139. The van der Waals surface area contributed by atoms with Gasteiger partial charge in [-0.15, -0.1) is 0 Å². The first-order valence-electron chi connectivity index (χ1n) is 9.75. The Bertz CT molecular complexity index is 670. The Hall–Kier alpha value is -1.97. The molecule has 3 heteroatoms. The number of fused-ring (bicyclic) bond motifs is 2. The second-order valence-electron chi connectivity index (χ2n) is 7.88. The topological polar surface area (TPSA) is 23.6 Å². The quantitative estimate of drug-likeness (QED) is 0.836. The van der Waals surface area contributed by atoms with Crippen molar-refractivity contribution in [3.8, 4) is 0 Å². The molecule has 0 radical (unpaired) electrons. The van der Waals surface area contributed by atoms with E-state index in [4.69, 9.17) is 0 Å². The van der Waals surface area contributed by atoms with Gasteiger partial charge in [-0.1, -0.05) is 60.7 Å². The summed E-state index contributed by atoms with van der Waals surface area (Å²) >= 11 is 0. The number of hydrogen-bond donors (Lipinski definition) is 0. The van der Waals surface area contributed by atoms with E-state index in [0.29, 0.717) is 17.9 Å². The van der Waals surface area contributed by atoms with Crippen molar-refractivity contribution in [1.29, 1.82) is 0 Å². The first-order chi connectivity index (χ1) is 12.6. The zero-order valence-electron chi connectivity index (χ0n) is 15.7. The fraction of sp³-hybridized carbons (Fsp3) is 0.435. The lowest BCUT2D eigenvalue weighted by Crippen LogP contribution is -2.58. The van der Waals surface area contributed by atoms with Crippen molar-refractivity contribution in [2.24, 2.45) is 11.8 Å². The van der Waals surface area contributed by atoms with Gasteiger partial charge in [0.2, 0.25) is 0 Å². The van der Waals surface area contributed by atoms with Gasteiger partial charge < -0.3 is 0 Å². The Morgan fingerprint density at radius 1 is 0.692 bits per heavy atom. The van der Waals surface area contributed by atoms with Crippen LogP contribution >= 0.6 is 0 Å². The number of nitrogens with zero attached hydrogens (tertiary/aromatic N) is 2. The largest absolute Gasteiger partial charge is 0.299 e. The van der Waals surface area contributed by atoms with Gasteiger partial charge in [0.05, 0.1) is 0 Å². The molecule has 2 aliphatic rings. The molecule has 0 saturated carbocycles. The van der Waals surface area contributed by atoms with Crippen molar-refractivity contribution in [3.05, 3.63) is 71.8 Å². The maximum absolute atomic E-state index is 12.8. The summed E-state index contributed by atoms with van der Waals surface area (Å²) < 4.78 is 0. The molecule has 0 unspecified atom stereocenters. The third-order valence-electron chi connectivity index (χ3n) is 6.28. The van der Waals surface area contributed by atoms with Crippen molar-refractivity contribution < 1.29 is 4.79 Å². The van der Waals surface area contributed by atoms with E-state index < -0.39 is 0 Å². The summed E-state index contributed by atoms with van der Waals surface area (Å²) in [7, 11) is 0. The second kappa shape index (κ2) is 7.34. The maximum Gasteiger partial charge on any atom is 0.144 e. The van der Waals surface area contributed by atoms with Crippen LogP contribution in [-0.4, -0.2) is 41.8 Å². The number of likely N-dealkylation sites (tertiary alicyclic amines) is 2. The zero-order chi connectivity index (χ0) is 18.1. The highest BCUT2D eigenvalue weighted by Gasteiger charge is 2.43. The third kappa shape index (κ3) is 3.34. The van der Waals surface area contributed by atoms with E-state index in [1.807, 2.05) is 0 Å². The molecule has 0 spiro atoms. The second-order valence-corrected chi connectivity index (χ2v) is 7.88. The molecule has 2 aromatic carbocycles. The summed E-state index contributed by atoms with van der Waals surface area (Å²) in [6, 6.07) is 22.1. The predicted octanol–water partition coefficient (Wildman–Crippen LogP) is 3.94. The fourth-order valence-corrected chi connectivity index (χ4v) is 4.61. The molecule has 2 bridgehead atoms. The highest BCUT2D eigenvalue weighted by Crippen LogP contribution is 2.34. The van der Waals surface area contributed by atoms with Crippen LogP contribution in [0.15, 0.2) is 60.7 Å². The van der Waals surface area contributed by atoms with Crippen LogP contribution in [0.3, 0.4) is 0 Å². The summed E-state index contributed by atoms with van der Waals surface area (Å²) in [5.74, 6) is 0.762. The molecule has 2 heterocycles. The molecule has 2 atom stereocenters. The molecule has 2 saturated heterocycles. The molecule has 2 aromatic rings. The van der Waals surface area contributed by atoms with E-state index in [0.717, 1.165) is 26.2 Å². The molecule has 2 aliphatic heterocycles. The number of benzene rings is 2. The van der Waals surface area contributed by atoms with E-state index in [2.05, 4.69) is 84.3 Å². The van der Waals surface area contributed by atoms with E-state index in [1.54, 1.807) is 0 Å². The Balaban J connectivity index is 1.48. The first kappa shape index (κ1) is 17.4. The smallest absolute Gasteiger partial charge is 0.144 e. The van der Waals surface area contributed by atoms with Gasteiger partial charge in [0.1, 0.15) is 5.78 Å². The predicted molar refractivity (Wildman–Crippen MR) is 105 cm³/mol. The number of carbonyl (C=O) groups is 1. The highest BCUT2D eigenvalue weighted by molar-refractivity contribution is 5.86. The van der Waals surface area contributed by atoms with Crippen LogP contribution in [0.5, 0.6) is 0 Å². The molecular formula is C23H28N2O. The number of Topliss-reactive ketones (excluding diaryl/α,β-unsaturated/α-hetero) is 1. The number of ketones is 1. The first-order valence-corrected chi connectivity index (χ1v) is 9.75. The standard InChI is InChI=1S/C23H28N2O/c1-17(19-9-5-3-6-10-19)24-13-21-15-25(16-22(14-24)23(21)26)18(2)20-11-7-4-8-12-20/h3-12,17-18,21-22H,13-16H2,1-2H3/t17-,18-,21?,22?/m0/s1. The van der Waals surface area contributed by atoms with Crippen LogP contribution < -0.4 is 0 Å². The van der Waals surface area contributed by atoms with Crippen LogP contribution in [0.2, 0.25) is 0 Å². The summed E-state index contributed by atoms with van der Waals surface area (Å²) in [6.45, 7) is 8.05. The normalized spacial score (nSPS) is 26.5. The number of carbonyl (C=O) groups excluding carboxylic acids is 1. The Morgan fingerprint density at radius 3 is 1.38 bits per heavy atom. The summed E-state index contributed by atoms with van der Waals surface area (Å²) in [5, 5.41) is 0. The minimum Gasteiger partial charge on any atom is -0.299 e. The number of piperidine rings is 2. The van der Waals surface area contributed by atoms with E-state index in [9.17, 15) is 4.79 Å². The monoisotopic (exact) mass is 348 g/mol. The van der Waals surface area contributed by atoms with Gasteiger partial charge in [0, 0.05) is 50.1 Å². The average Bonchev–Trinajstić information content (AvgIpc) is 2.68. The van der Waals surface area contributed by atoms with Gasteiger partial charge in [-0.25, -0.2) is 0 Å². The molecule has 2 fully saturated rings. The lowest BCUT2D eigenvalue weighted by Gasteiger charge is -2.48. The number of hydrogen-bond acceptors (Lipinski definition) is 3. The Labute approximate surface area is 156 Å². The van der Waals surface area contributed by atoms with Gasteiger partial charge in [0.15, 0.2) is 0 Å². The maximum atomic E-state index is 12.8. The van der Waals surface area contributed by atoms with Gasteiger partial charge in [-0.3, -0.25) is 14.6 Å². The molecule has 0 aromatic heterocycles. The summed E-state index contributed by atoms with van der Waals surface area (Å²) in [5.41, 5.74) is 2.68. The van der Waals surface area contributed by atoms with Gasteiger partial charge in [-0.2, -0.15) is 0 Å². The van der Waals surface area contributed by atoms with Crippen molar-refractivity contribution in [3.63, 3.8) is 0 Å². The number of rotatable bonds is 4. The van der Waals surface area contributed by atoms with Crippen molar-refractivity contribution in [2.75, 3.05) is 26.2 Å². The third-order valence-corrected chi connectivity index (χ3v) is 6.28. The molecule has 0 amide bonds. The molecular weight excluding hydrogens is 320 g/mol. The van der Waals surface area contributed by atoms with Crippen molar-refractivity contribution >= 4 is 5.78 Å². The molecule has 0 N–H and O–H groups in total. The molecule has 4 rings (SSSR count). The average molecular weight is 348 g/mol. The lowest BCUT2D eigenvalue weighted by atomic mass is 9.81.